The zero-order valence-electron chi connectivity index (χ0n) is 13.6. The number of carbonyl (C=O) groups is 1. The molecule has 6 heteroatoms. The van der Waals surface area contributed by atoms with Gasteiger partial charge in [0.15, 0.2) is 0 Å². The van der Waals surface area contributed by atoms with Crippen LogP contribution in [0.5, 0.6) is 0 Å². The number of hydrogen-bond acceptors (Lipinski definition) is 4. The Morgan fingerprint density at radius 3 is 2.71 bits per heavy atom. The van der Waals surface area contributed by atoms with E-state index in [4.69, 9.17) is 11.6 Å². The lowest BCUT2D eigenvalue weighted by Crippen LogP contribution is -2.48. The fourth-order valence-corrected chi connectivity index (χ4v) is 3.11. The third-order valence-electron chi connectivity index (χ3n) is 4.23. The van der Waals surface area contributed by atoms with Crippen molar-refractivity contribution in [3.8, 4) is 0 Å². The maximum absolute atomic E-state index is 12.3. The lowest BCUT2D eigenvalue weighted by Gasteiger charge is -2.34. The van der Waals surface area contributed by atoms with E-state index in [-0.39, 0.29) is 5.91 Å². The van der Waals surface area contributed by atoms with Crippen molar-refractivity contribution in [1.82, 2.24) is 19.8 Å². The molecule has 1 fully saturated rings. The van der Waals surface area contributed by atoms with Gasteiger partial charge in [-0.05, 0) is 24.1 Å². The van der Waals surface area contributed by atoms with Gasteiger partial charge < -0.3 is 4.90 Å². The van der Waals surface area contributed by atoms with Crippen LogP contribution in [0.2, 0.25) is 5.02 Å². The topological polar surface area (TPSA) is 49.3 Å². The summed E-state index contributed by atoms with van der Waals surface area (Å²) in [5, 5.41) is 0.769. The van der Waals surface area contributed by atoms with E-state index in [0.29, 0.717) is 12.8 Å². The van der Waals surface area contributed by atoms with E-state index >= 15 is 0 Å². The van der Waals surface area contributed by atoms with Gasteiger partial charge in [0.05, 0.1) is 5.69 Å². The maximum Gasteiger partial charge on any atom is 0.223 e. The zero-order valence-corrected chi connectivity index (χ0v) is 14.3. The molecule has 0 spiro atoms. The second kappa shape index (κ2) is 8.22. The molecule has 24 heavy (non-hydrogen) atoms. The summed E-state index contributed by atoms with van der Waals surface area (Å²) in [5.41, 5.74) is 2.08. The van der Waals surface area contributed by atoms with Crippen molar-refractivity contribution in [2.24, 2.45) is 0 Å². The van der Waals surface area contributed by atoms with E-state index in [9.17, 15) is 4.79 Å². The van der Waals surface area contributed by atoms with E-state index in [1.54, 1.807) is 18.6 Å². The largest absolute Gasteiger partial charge is 0.340 e. The Bertz CT molecular complexity index is 672. The fraction of sp³-hybridized carbons (Fsp3) is 0.389. The molecular formula is C18H21ClN4O. The third-order valence-corrected chi connectivity index (χ3v) is 4.47. The number of amides is 1. The predicted octanol–water partition coefficient (Wildman–Crippen LogP) is 2.41. The molecule has 0 saturated carbocycles. The van der Waals surface area contributed by atoms with Gasteiger partial charge in [0, 0.05) is 62.8 Å². The van der Waals surface area contributed by atoms with Crippen LogP contribution in [0.1, 0.15) is 17.7 Å². The molecular weight excluding hydrogens is 324 g/mol. The molecule has 5 nitrogen and oxygen atoms in total. The van der Waals surface area contributed by atoms with Crippen LogP contribution in [0.15, 0.2) is 42.9 Å². The van der Waals surface area contributed by atoms with E-state index in [1.165, 1.54) is 5.56 Å². The second-order valence-corrected chi connectivity index (χ2v) is 6.42. The smallest absolute Gasteiger partial charge is 0.223 e. The highest BCUT2D eigenvalue weighted by atomic mass is 35.5. The Morgan fingerprint density at radius 2 is 2.00 bits per heavy atom. The van der Waals surface area contributed by atoms with Gasteiger partial charge in [0.2, 0.25) is 5.91 Å². The van der Waals surface area contributed by atoms with Crippen molar-refractivity contribution < 1.29 is 4.79 Å². The predicted molar refractivity (Wildman–Crippen MR) is 93.7 cm³/mol. The van der Waals surface area contributed by atoms with E-state index in [0.717, 1.165) is 43.4 Å². The molecule has 2 aromatic rings. The van der Waals surface area contributed by atoms with E-state index in [1.807, 2.05) is 23.1 Å². The standard InChI is InChI=1S/C18H21ClN4O/c19-16-3-1-2-15(12-16)14-22-8-10-23(11-9-22)18(24)5-4-17-13-20-6-7-21-17/h1-3,6-7,12-13H,4-5,8-11,14H2. The van der Waals surface area contributed by atoms with Crippen molar-refractivity contribution in [3.05, 3.63) is 59.1 Å². The summed E-state index contributed by atoms with van der Waals surface area (Å²) in [4.78, 5) is 24.9. The molecule has 0 atom stereocenters. The number of nitrogens with zero attached hydrogens (tertiary/aromatic N) is 4. The maximum atomic E-state index is 12.3. The van der Waals surface area contributed by atoms with Crippen molar-refractivity contribution in [2.45, 2.75) is 19.4 Å². The Kier molecular flexibility index (Phi) is 5.77. The average Bonchev–Trinajstić information content (AvgIpc) is 2.61. The minimum absolute atomic E-state index is 0.197. The van der Waals surface area contributed by atoms with Crippen LogP contribution < -0.4 is 0 Å². The quantitative estimate of drug-likeness (QED) is 0.835. The molecule has 126 valence electrons. The van der Waals surface area contributed by atoms with Gasteiger partial charge in [0.1, 0.15) is 0 Å². The van der Waals surface area contributed by atoms with Gasteiger partial charge >= 0.3 is 0 Å². The number of hydrogen-bond donors (Lipinski definition) is 0. The van der Waals surface area contributed by atoms with Crippen molar-refractivity contribution >= 4 is 17.5 Å². The monoisotopic (exact) mass is 344 g/mol. The summed E-state index contributed by atoms with van der Waals surface area (Å²) in [6.45, 7) is 4.22. The number of aromatic nitrogens is 2. The first-order chi connectivity index (χ1) is 11.7. The van der Waals surface area contributed by atoms with Gasteiger partial charge in [-0.15, -0.1) is 0 Å². The van der Waals surface area contributed by atoms with Crippen LogP contribution in [0.4, 0.5) is 0 Å². The van der Waals surface area contributed by atoms with Gasteiger partial charge in [-0.2, -0.15) is 0 Å². The van der Waals surface area contributed by atoms with Gasteiger partial charge in [0.25, 0.3) is 0 Å². The van der Waals surface area contributed by atoms with Crippen LogP contribution in [0.25, 0.3) is 0 Å². The molecule has 1 aliphatic rings. The summed E-state index contributed by atoms with van der Waals surface area (Å²) < 4.78 is 0. The average molecular weight is 345 g/mol. The first-order valence-corrected chi connectivity index (χ1v) is 8.58. The van der Waals surface area contributed by atoms with Crippen molar-refractivity contribution in [2.75, 3.05) is 26.2 Å². The highest BCUT2D eigenvalue weighted by Gasteiger charge is 2.21. The van der Waals surface area contributed by atoms with Crippen molar-refractivity contribution in [1.29, 1.82) is 0 Å². The molecule has 1 aromatic heterocycles. The minimum atomic E-state index is 0.197. The Hall–Kier alpha value is -1.98. The summed E-state index contributed by atoms with van der Waals surface area (Å²) in [6, 6.07) is 7.95. The van der Waals surface area contributed by atoms with Gasteiger partial charge in [-0.1, -0.05) is 23.7 Å². The van der Waals surface area contributed by atoms with Gasteiger partial charge in [-0.25, -0.2) is 0 Å². The highest BCUT2D eigenvalue weighted by Crippen LogP contribution is 2.14. The molecule has 1 saturated heterocycles. The molecule has 0 aliphatic carbocycles. The molecule has 0 radical (unpaired) electrons. The molecule has 1 aliphatic heterocycles. The zero-order chi connectivity index (χ0) is 16.8. The van der Waals surface area contributed by atoms with Crippen LogP contribution in [-0.2, 0) is 17.8 Å². The highest BCUT2D eigenvalue weighted by molar-refractivity contribution is 6.30. The van der Waals surface area contributed by atoms with E-state index in [2.05, 4.69) is 20.9 Å². The first-order valence-electron chi connectivity index (χ1n) is 8.20. The minimum Gasteiger partial charge on any atom is -0.340 e. The lowest BCUT2D eigenvalue weighted by atomic mass is 10.2. The Balaban J connectivity index is 1.43. The molecule has 1 aromatic carbocycles. The number of aryl methyl sites for hydroxylation is 1. The molecule has 3 rings (SSSR count). The summed E-state index contributed by atoms with van der Waals surface area (Å²) in [5.74, 6) is 0.197. The summed E-state index contributed by atoms with van der Waals surface area (Å²) >= 11 is 6.03. The van der Waals surface area contributed by atoms with Crippen LogP contribution in [-0.4, -0.2) is 51.9 Å². The number of carbonyl (C=O) groups excluding carboxylic acids is 1. The van der Waals surface area contributed by atoms with Gasteiger partial charge in [-0.3, -0.25) is 19.7 Å². The molecule has 2 heterocycles. The molecule has 1 amide bonds. The molecule has 0 unspecified atom stereocenters. The Morgan fingerprint density at radius 1 is 1.17 bits per heavy atom. The third kappa shape index (κ3) is 4.76. The van der Waals surface area contributed by atoms with Crippen molar-refractivity contribution in [3.63, 3.8) is 0 Å². The number of halogens is 1. The molecule has 0 N–H and O–H groups in total. The summed E-state index contributed by atoms with van der Waals surface area (Å²) in [7, 11) is 0. The Labute approximate surface area is 147 Å². The lowest BCUT2D eigenvalue weighted by molar-refractivity contribution is -0.133. The number of piperazine rings is 1. The van der Waals surface area contributed by atoms with Crippen LogP contribution in [0.3, 0.4) is 0 Å². The number of rotatable bonds is 5. The number of benzene rings is 1. The fourth-order valence-electron chi connectivity index (χ4n) is 2.90. The normalized spacial score (nSPS) is 15.5. The SMILES string of the molecule is O=C(CCc1cnccn1)N1CCN(Cc2cccc(Cl)c2)CC1. The molecule has 0 bridgehead atoms. The first kappa shape index (κ1) is 16.9. The van der Waals surface area contributed by atoms with Crippen LogP contribution in [0, 0.1) is 0 Å². The summed E-state index contributed by atoms with van der Waals surface area (Å²) in [6.07, 6.45) is 6.16. The van der Waals surface area contributed by atoms with Crippen LogP contribution >= 0.6 is 11.6 Å². The second-order valence-electron chi connectivity index (χ2n) is 5.98. The van der Waals surface area contributed by atoms with E-state index < -0.39 is 0 Å².